The Kier molecular flexibility index (Phi) is 6.93. The number of carboxylic acid groups (broad SMARTS) is 1. The van der Waals surface area contributed by atoms with Gasteiger partial charge in [0.25, 0.3) is 0 Å². The molecule has 1 N–H and O–H groups in total. The lowest BCUT2D eigenvalue weighted by atomic mass is 10.2. The number of aromatic carboxylic acids is 1. The van der Waals surface area contributed by atoms with Gasteiger partial charge in [0.1, 0.15) is 0 Å². The summed E-state index contributed by atoms with van der Waals surface area (Å²) in [5, 5.41) is 8.66. The number of unbranched alkanes of at least 4 members (excludes halogenated alkanes) is 1. The summed E-state index contributed by atoms with van der Waals surface area (Å²) in [5.74, 6) is -1.62. The van der Waals surface area contributed by atoms with E-state index >= 15 is 0 Å². The minimum Gasteiger partial charge on any atom is -0.478 e. The topological polar surface area (TPSA) is 80.7 Å². The van der Waals surface area contributed by atoms with E-state index in [-0.39, 0.29) is 32.9 Å². The molecule has 0 aliphatic carbocycles. The Morgan fingerprint density at radius 2 is 1.95 bits per heavy atom. The molecule has 1 rings (SSSR count). The van der Waals surface area contributed by atoms with Crippen molar-refractivity contribution in [1.82, 2.24) is 0 Å². The maximum Gasteiger partial charge on any atom is 0.337 e. The van der Waals surface area contributed by atoms with Gasteiger partial charge in [-0.05, 0) is 18.6 Å². The van der Waals surface area contributed by atoms with Gasteiger partial charge < -0.3 is 9.84 Å². The highest BCUT2D eigenvalue weighted by Gasteiger charge is 2.23. The zero-order valence-corrected chi connectivity index (χ0v) is 13.8. The van der Waals surface area contributed by atoms with Gasteiger partial charge in [-0.2, -0.15) is 0 Å². The van der Waals surface area contributed by atoms with Crippen LogP contribution in [0.3, 0.4) is 0 Å². The van der Waals surface area contributed by atoms with E-state index in [1.807, 2.05) is 6.92 Å². The SMILES string of the molecule is CCCCOCCS(=O)(=O)c1cc(Cl)cc(C(=O)O)c1Cl. The van der Waals surface area contributed by atoms with Crippen LogP contribution in [0.5, 0.6) is 0 Å². The summed E-state index contributed by atoms with van der Waals surface area (Å²) >= 11 is 11.6. The summed E-state index contributed by atoms with van der Waals surface area (Å²) in [4.78, 5) is 10.7. The molecule has 118 valence electrons. The normalized spacial score (nSPS) is 11.6. The molecule has 0 fully saturated rings. The number of rotatable bonds is 8. The molecule has 0 amide bonds. The minimum atomic E-state index is -3.76. The molecule has 0 atom stereocenters. The highest BCUT2D eigenvalue weighted by molar-refractivity contribution is 7.91. The fraction of sp³-hybridized carbons (Fsp3) is 0.462. The molecule has 21 heavy (non-hydrogen) atoms. The highest BCUT2D eigenvalue weighted by atomic mass is 35.5. The van der Waals surface area contributed by atoms with E-state index < -0.39 is 15.8 Å². The van der Waals surface area contributed by atoms with Crippen molar-refractivity contribution in [2.24, 2.45) is 0 Å². The van der Waals surface area contributed by atoms with Crippen LogP contribution in [0.4, 0.5) is 0 Å². The summed E-state index contributed by atoms with van der Waals surface area (Å²) < 4.78 is 29.6. The Morgan fingerprint density at radius 3 is 2.52 bits per heavy atom. The van der Waals surface area contributed by atoms with Gasteiger partial charge in [-0.1, -0.05) is 36.5 Å². The highest BCUT2D eigenvalue weighted by Crippen LogP contribution is 2.30. The number of carboxylic acids is 1. The summed E-state index contributed by atoms with van der Waals surface area (Å²) in [6.07, 6.45) is 1.80. The van der Waals surface area contributed by atoms with Crippen LogP contribution in [0.25, 0.3) is 0 Å². The Balaban J connectivity index is 2.95. The average Bonchev–Trinajstić information content (AvgIpc) is 2.40. The van der Waals surface area contributed by atoms with Gasteiger partial charge >= 0.3 is 5.97 Å². The van der Waals surface area contributed by atoms with Crippen molar-refractivity contribution in [3.05, 3.63) is 27.7 Å². The third-order valence-electron chi connectivity index (χ3n) is 2.71. The molecule has 5 nitrogen and oxygen atoms in total. The van der Waals surface area contributed by atoms with Crippen LogP contribution in [0.1, 0.15) is 30.1 Å². The number of hydrogen-bond acceptors (Lipinski definition) is 4. The first-order valence-electron chi connectivity index (χ1n) is 6.32. The standard InChI is InChI=1S/C13H16Cl2O5S/c1-2-3-4-20-5-6-21(18,19)11-8-9(14)7-10(12(11)15)13(16)17/h7-8H,2-6H2,1H3,(H,16,17). The monoisotopic (exact) mass is 354 g/mol. The number of carbonyl (C=O) groups is 1. The van der Waals surface area contributed by atoms with Crippen molar-refractivity contribution in [1.29, 1.82) is 0 Å². The lowest BCUT2D eigenvalue weighted by molar-refractivity contribution is 0.0697. The first-order chi connectivity index (χ1) is 9.79. The van der Waals surface area contributed by atoms with Gasteiger partial charge in [0.2, 0.25) is 0 Å². The lowest BCUT2D eigenvalue weighted by Gasteiger charge is -2.10. The van der Waals surface area contributed by atoms with Gasteiger partial charge in [0.15, 0.2) is 9.84 Å². The fourth-order valence-electron chi connectivity index (χ4n) is 1.57. The predicted octanol–water partition coefficient (Wildman–Crippen LogP) is 3.28. The van der Waals surface area contributed by atoms with Gasteiger partial charge in [-0.3, -0.25) is 0 Å². The maximum absolute atomic E-state index is 12.2. The quantitative estimate of drug-likeness (QED) is 0.724. The minimum absolute atomic E-state index is 0.00211. The van der Waals surface area contributed by atoms with Gasteiger partial charge in [0.05, 0.1) is 27.8 Å². The third kappa shape index (κ3) is 5.14. The molecule has 0 saturated heterocycles. The number of ether oxygens (including phenoxy) is 1. The molecule has 0 saturated carbocycles. The molecule has 0 aliphatic heterocycles. The summed E-state index contributed by atoms with van der Waals surface area (Å²) in [6, 6.07) is 2.26. The van der Waals surface area contributed by atoms with Crippen molar-refractivity contribution < 1.29 is 23.1 Å². The van der Waals surface area contributed by atoms with E-state index in [4.69, 9.17) is 33.0 Å². The van der Waals surface area contributed by atoms with E-state index in [0.29, 0.717) is 6.61 Å². The van der Waals surface area contributed by atoms with Crippen molar-refractivity contribution >= 4 is 39.0 Å². The number of hydrogen-bond donors (Lipinski definition) is 1. The summed E-state index contributed by atoms with van der Waals surface area (Å²) in [6.45, 7) is 2.50. The van der Waals surface area contributed by atoms with Crippen LogP contribution >= 0.6 is 23.2 Å². The van der Waals surface area contributed by atoms with E-state index in [9.17, 15) is 13.2 Å². The Bertz CT molecular complexity index is 613. The zero-order chi connectivity index (χ0) is 16.0. The lowest BCUT2D eigenvalue weighted by Crippen LogP contribution is -2.14. The van der Waals surface area contributed by atoms with Crippen molar-refractivity contribution in [2.45, 2.75) is 24.7 Å². The smallest absolute Gasteiger partial charge is 0.337 e. The second-order valence-electron chi connectivity index (χ2n) is 4.36. The largest absolute Gasteiger partial charge is 0.478 e. The molecule has 0 spiro atoms. The Labute approximate surface area is 133 Å². The predicted molar refractivity (Wildman–Crippen MR) is 81.2 cm³/mol. The number of benzene rings is 1. The summed E-state index contributed by atoms with van der Waals surface area (Å²) in [5.41, 5.74) is -0.338. The van der Waals surface area contributed by atoms with Crippen molar-refractivity contribution in [3.63, 3.8) is 0 Å². The second-order valence-corrected chi connectivity index (χ2v) is 7.25. The van der Waals surface area contributed by atoms with E-state index in [0.717, 1.165) is 25.0 Å². The molecule has 1 aromatic rings. The zero-order valence-electron chi connectivity index (χ0n) is 11.4. The number of halogens is 2. The molecular weight excluding hydrogens is 339 g/mol. The maximum atomic E-state index is 12.2. The second kappa shape index (κ2) is 7.98. The average molecular weight is 355 g/mol. The molecule has 0 bridgehead atoms. The third-order valence-corrected chi connectivity index (χ3v) is 5.14. The molecule has 0 unspecified atom stereocenters. The van der Waals surface area contributed by atoms with Crippen LogP contribution in [0.15, 0.2) is 17.0 Å². The molecule has 0 radical (unpaired) electrons. The van der Waals surface area contributed by atoms with E-state index in [1.165, 1.54) is 0 Å². The van der Waals surface area contributed by atoms with Gasteiger partial charge in [-0.15, -0.1) is 0 Å². The van der Waals surface area contributed by atoms with Crippen LogP contribution in [0, 0.1) is 0 Å². The number of sulfone groups is 1. The molecular formula is C13H16Cl2O5S. The molecule has 1 aromatic carbocycles. The molecule has 0 aromatic heterocycles. The van der Waals surface area contributed by atoms with Crippen LogP contribution < -0.4 is 0 Å². The summed E-state index contributed by atoms with van der Waals surface area (Å²) in [7, 11) is -3.76. The molecule has 8 heteroatoms. The van der Waals surface area contributed by atoms with Crippen LogP contribution in [-0.4, -0.2) is 38.5 Å². The Morgan fingerprint density at radius 1 is 1.29 bits per heavy atom. The van der Waals surface area contributed by atoms with Gasteiger partial charge in [0, 0.05) is 11.6 Å². The first-order valence-corrected chi connectivity index (χ1v) is 8.73. The van der Waals surface area contributed by atoms with Crippen molar-refractivity contribution in [3.8, 4) is 0 Å². The molecule has 0 aliphatic rings. The first kappa shape index (κ1) is 18.2. The van der Waals surface area contributed by atoms with E-state index in [2.05, 4.69) is 0 Å². The van der Waals surface area contributed by atoms with Gasteiger partial charge in [-0.25, -0.2) is 13.2 Å². The van der Waals surface area contributed by atoms with Crippen molar-refractivity contribution in [2.75, 3.05) is 19.0 Å². The fourth-order valence-corrected chi connectivity index (χ4v) is 3.65. The molecule has 0 heterocycles. The van der Waals surface area contributed by atoms with E-state index in [1.54, 1.807) is 0 Å². The van der Waals surface area contributed by atoms with Crippen LogP contribution in [0.2, 0.25) is 10.0 Å². The Hall–Kier alpha value is -0.820. The van der Waals surface area contributed by atoms with Crippen LogP contribution in [-0.2, 0) is 14.6 Å².